The second-order valence-electron chi connectivity index (χ2n) is 5.03. The molecule has 2 fully saturated rings. The fraction of sp³-hybridized carbons (Fsp3) is 1.00. The van der Waals surface area contributed by atoms with Crippen LogP contribution in [0.4, 0.5) is 4.39 Å². The number of halogens is 1. The Labute approximate surface area is 79.7 Å². The van der Waals surface area contributed by atoms with Gasteiger partial charge in [-0.1, -0.05) is 0 Å². The quantitative estimate of drug-likeness (QED) is 0.602. The highest BCUT2D eigenvalue weighted by Crippen LogP contribution is 2.41. The summed E-state index contributed by atoms with van der Waals surface area (Å²) in [7, 11) is 2.01. The normalized spacial score (nSPS) is 34.4. The van der Waals surface area contributed by atoms with Gasteiger partial charge in [-0.3, -0.25) is 4.90 Å². The lowest BCUT2D eigenvalue weighted by Gasteiger charge is -2.51. The lowest BCUT2D eigenvalue weighted by Crippen LogP contribution is -2.62. The van der Waals surface area contributed by atoms with E-state index in [9.17, 15) is 4.39 Å². The Bertz CT molecular complexity index is 199. The van der Waals surface area contributed by atoms with Crippen molar-refractivity contribution in [3.8, 4) is 0 Å². The summed E-state index contributed by atoms with van der Waals surface area (Å²) in [5, 5.41) is 0. The number of hydrogen-bond acceptors (Lipinski definition) is 2. The van der Waals surface area contributed by atoms with Crippen LogP contribution in [0.5, 0.6) is 0 Å². The lowest BCUT2D eigenvalue weighted by atomic mass is 9.77. The zero-order valence-electron chi connectivity index (χ0n) is 8.76. The third-order valence-electron chi connectivity index (χ3n) is 3.49. The number of likely N-dealkylation sites (tertiary alicyclic amines) is 2. The van der Waals surface area contributed by atoms with Crippen LogP contribution in [-0.2, 0) is 0 Å². The van der Waals surface area contributed by atoms with Crippen molar-refractivity contribution in [3.63, 3.8) is 0 Å². The Balaban J connectivity index is 1.96. The molecule has 2 rings (SSSR count). The summed E-state index contributed by atoms with van der Waals surface area (Å²) < 4.78 is 13.6. The van der Waals surface area contributed by atoms with Gasteiger partial charge in [-0.05, 0) is 20.9 Å². The Hall–Kier alpha value is -0.150. The van der Waals surface area contributed by atoms with E-state index in [2.05, 4.69) is 23.6 Å². The maximum atomic E-state index is 13.6. The summed E-state index contributed by atoms with van der Waals surface area (Å²) in [6, 6.07) is 0.573. The molecule has 3 heteroatoms. The van der Waals surface area contributed by atoms with E-state index in [-0.39, 0.29) is 5.41 Å². The van der Waals surface area contributed by atoms with E-state index in [4.69, 9.17) is 0 Å². The molecule has 13 heavy (non-hydrogen) atoms. The maximum absolute atomic E-state index is 13.6. The molecule has 0 N–H and O–H groups in total. The van der Waals surface area contributed by atoms with Crippen molar-refractivity contribution in [2.75, 3.05) is 33.2 Å². The first kappa shape index (κ1) is 9.41. The SMILES string of the molecule is CC(C)N1CC2(CN(C)C[C@@H]2F)C1. The third-order valence-corrected chi connectivity index (χ3v) is 3.49. The average Bonchev–Trinajstić information content (AvgIpc) is 2.21. The Morgan fingerprint density at radius 1 is 1.31 bits per heavy atom. The number of hydrogen-bond donors (Lipinski definition) is 0. The molecule has 2 nitrogen and oxygen atoms in total. The molecule has 0 aromatic carbocycles. The van der Waals surface area contributed by atoms with E-state index < -0.39 is 6.17 Å². The van der Waals surface area contributed by atoms with E-state index in [0.717, 1.165) is 19.6 Å². The highest BCUT2D eigenvalue weighted by Gasteiger charge is 2.54. The molecule has 1 spiro atoms. The van der Waals surface area contributed by atoms with Crippen molar-refractivity contribution in [1.82, 2.24) is 9.80 Å². The monoisotopic (exact) mass is 186 g/mol. The largest absolute Gasteiger partial charge is 0.303 e. The molecule has 0 unspecified atom stereocenters. The minimum atomic E-state index is -0.604. The molecule has 1 atom stereocenters. The second kappa shape index (κ2) is 2.92. The van der Waals surface area contributed by atoms with Crippen LogP contribution in [-0.4, -0.2) is 55.2 Å². The summed E-state index contributed by atoms with van der Waals surface area (Å²) >= 11 is 0. The molecule has 0 aromatic rings. The summed E-state index contributed by atoms with van der Waals surface area (Å²) in [5.41, 5.74) is -0.0149. The van der Waals surface area contributed by atoms with Gasteiger partial charge in [0.25, 0.3) is 0 Å². The van der Waals surface area contributed by atoms with Gasteiger partial charge in [0.05, 0.1) is 0 Å². The molecule has 0 amide bonds. The Kier molecular flexibility index (Phi) is 2.11. The van der Waals surface area contributed by atoms with Crippen molar-refractivity contribution in [2.45, 2.75) is 26.1 Å². The minimum absolute atomic E-state index is 0.0149. The molecule has 2 saturated heterocycles. The van der Waals surface area contributed by atoms with Gasteiger partial charge in [-0.15, -0.1) is 0 Å². The number of rotatable bonds is 1. The van der Waals surface area contributed by atoms with Crippen molar-refractivity contribution in [1.29, 1.82) is 0 Å². The molecule has 2 aliphatic rings. The zero-order valence-corrected chi connectivity index (χ0v) is 8.76. The standard InChI is InChI=1S/C10H19FN2/c1-8(2)13-6-10(7-13)5-12(3)4-9(10)11/h8-9H,4-7H2,1-3H3/t9-/m0/s1. The third kappa shape index (κ3) is 1.38. The van der Waals surface area contributed by atoms with Crippen LogP contribution in [0.1, 0.15) is 13.8 Å². The van der Waals surface area contributed by atoms with Gasteiger partial charge < -0.3 is 4.90 Å². The maximum Gasteiger partial charge on any atom is 0.122 e. The summed E-state index contributed by atoms with van der Waals surface area (Å²) in [6.07, 6.45) is -0.604. The van der Waals surface area contributed by atoms with Crippen LogP contribution in [0.15, 0.2) is 0 Å². The van der Waals surface area contributed by atoms with Crippen molar-refractivity contribution < 1.29 is 4.39 Å². The van der Waals surface area contributed by atoms with Gasteiger partial charge in [0.15, 0.2) is 0 Å². The van der Waals surface area contributed by atoms with Crippen molar-refractivity contribution in [3.05, 3.63) is 0 Å². The van der Waals surface area contributed by atoms with Crippen molar-refractivity contribution >= 4 is 0 Å². The van der Waals surface area contributed by atoms with Crippen LogP contribution in [0.3, 0.4) is 0 Å². The molecule has 0 aromatic heterocycles. The fourth-order valence-electron chi connectivity index (χ4n) is 2.59. The number of alkyl halides is 1. The van der Waals surface area contributed by atoms with Gasteiger partial charge in [-0.2, -0.15) is 0 Å². The van der Waals surface area contributed by atoms with E-state index in [1.807, 2.05) is 7.05 Å². The molecule has 2 heterocycles. The first-order chi connectivity index (χ1) is 6.03. The molecule has 0 radical (unpaired) electrons. The molecular formula is C10H19FN2. The predicted octanol–water partition coefficient (Wildman–Crippen LogP) is 0.980. The minimum Gasteiger partial charge on any atom is -0.303 e. The summed E-state index contributed by atoms with van der Waals surface area (Å²) in [6.45, 7) is 7.84. The van der Waals surface area contributed by atoms with Gasteiger partial charge >= 0.3 is 0 Å². The molecular weight excluding hydrogens is 167 g/mol. The summed E-state index contributed by atoms with van der Waals surface area (Å²) in [4.78, 5) is 4.47. The first-order valence-electron chi connectivity index (χ1n) is 5.10. The highest BCUT2D eigenvalue weighted by atomic mass is 19.1. The second-order valence-corrected chi connectivity index (χ2v) is 5.03. The van der Waals surface area contributed by atoms with Crippen LogP contribution < -0.4 is 0 Å². The Morgan fingerprint density at radius 3 is 2.31 bits per heavy atom. The number of nitrogens with zero attached hydrogens (tertiary/aromatic N) is 2. The first-order valence-corrected chi connectivity index (χ1v) is 5.10. The predicted molar refractivity (Wildman–Crippen MR) is 51.5 cm³/mol. The van der Waals surface area contributed by atoms with Crippen LogP contribution in [0.2, 0.25) is 0 Å². The smallest absolute Gasteiger partial charge is 0.122 e. The molecule has 76 valence electrons. The molecule has 0 bridgehead atoms. The lowest BCUT2D eigenvalue weighted by molar-refractivity contribution is -0.0497. The zero-order chi connectivity index (χ0) is 9.64. The van der Waals surface area contributed by atoms with E-state index in [1.54, 1.807) is 0 Å². The van der Waals surface area contributed by atoms with Gasteiger partial charge in [0.1, 0.15) is 6.17 Å². The van der Waals surface area contributed by atoms with E-state index in [0.29, 0.717) is 12.6 Å². The molecule has 0 aliphatic carbocycles. The van der Waals surface area contributed by atoms with Crippen LogP contribution in [0.25, 0.3) is 0 Å². The van der Waals surface area contributed by atoms with Gasteiger partial charge in [-0.25, -0.2) is 4.39 Å². The van der Waals surface area contributed by atoms with Crippen LogP contribution >= 0.6 is 0 Å². The highest BCUT2D eigenvalue weighted by molar-refractivity contribution is 5.06. The Morgan fingerprint density at radius 2 is 1.92 bits per heavy atom. The summed E-state index contributed by atoms with van der Waals surface area (Å²) in [5.74, 6) is 0. The van der Waals surface area contributed by atoms with Crippen LogP contribution in [0, 0.1) is 5.41 Å². The van der Waals surface area contributed by atoms with Gasteiger partial charge in [0.2, 0.25) is 0 Å². The molecule has 0 saturated carbocycles. The molecule has 2 aliphatic heterocycles. The topological polar surface area (TPSA) is 6.48 Å². The van der Waals surface area contributed by atoms with Crippen molar-refractivity contribution in [2.24, 2.45) is 5.41 Å². The van der Waals surface area contributed by atoms with E-state index in [1.165, 1.54) is 0 Å². The fourth-order valence-corrected chi connectivity index (χ4v) is 2.59. The van der Waals surface area contributed by atoms with E-state index >= 15 is 0 Å². The van der Waals surface area contributed by atoms with Gasteiger partial charge in [0, 0.05) is 37.6 Å². The average molecular weight is 186 g/mol.